The molecule has 0 unspecified atom stereocenters. The molecular weight excluding hydrogens is 436 g/mol. The van der Waals surface area contributed by atoms with Gasteiger partial charge in [0.05, 0.1) is 26.9 Å². The lowest BCUT2D eigenvalue weighted by molar-refractivity contribution is 0.0920. The number of Topliss-reactive ketones (excluding diaryl/α,β-unsaturated/α-hetero) is 2. The van der Waals surface area contributed by atoms with Crippen molar-refractivity contribution >= 4 is 17.6 Å². The zero-order valence-electron chi connectivity index (χ0n) is 19.3. The van der Waals surface area contributed by atoms with E-state index in [4.69, 9.17) is 23.7 Å². The summed E-state index contributed by atoms with van der Waals surface area (Å²) >= 11 is 0. The summed E-state index contributed by atoms with van der Waals surface area (Å²) in [5.41, 5.74) is 2.22. The third-order valence-corrected chi connectivity index (χ3v) is 5.51. The highest BCUT2D eigenvalue weighted by atomic mass is 16.5. The molecule has 1 heterocycles. The molecule has 0 saturated carbocycles. The Morgan fingerprint density at radius 2 is 1.59 bits per heavy atom. The Balaban J connectivity index is 1.59. The van der Waals surface area contributed by atoms with Gasteiger partial charge in [-0.05, 0) is 37.3 Å². The second-order valence-electron chi connectivity index (χ2n) is 7.51. The molecule has 0 fully saturated rings. The second kappa shape index (κ2) is 9.70. The molecule has 1 aliphatic rings. The highest BCUT2D eigenvalue weighted by Crippen LogP contribution is 2.43. The SMILES string of the molecule is COc1ccc(/C=C2\Oc3c(ccc(OCC(=O)c4ccccc4)c3C)C2=O)c(OC)c1OC. The van der Waals surface area contributed by atoms with E-state index in [1.165, 1.54) is 21.3 Å². The van der Waals surface area contributed by atoms with Crippen LogP contribution in [0.15, 0.2) is 60.4 Å². The van der Waals surface area contributed by atoms with E-state index in [-0.39, 0.29) is 23.9 Å². The summed E-state index contributed by atoms with van der Waals surface area (Å²) in [4.78, 5) is 25.4. The van der Waals surface area contributed by atoms with Gasteiger partial charge in [0.25, 0.3) is 0 Å². The Kier molecular flexibility index (Phi) is 6.54. The molecule has 3 aromatic carbocycles. The molecule has 3 aromatic rings. The molecule has 7 heteroatoms. The van der Waals surface area contributed by atoms with Crippen LogP contribution in [0.5, 0.6) is 28.7 Å². The number of carbonyl (C=O) groups is 2. The minimum atomic E-state index is -0.262. The van der Waals surface area contributed by atoms with E-state index >= 15 is 0 Å². The highest BCUT2D eigenvalue weighted by Gasteiger charge is 2.31. The predicted molar refractivity (Wildman–Crippen MR) is 126 cm³/mol. The van der Waals surface area contributed by atoms with Crippen molar-refractivity contribution in [2.45, 2.75) is 6.92 Å². The van der Waals surface area contributed by atoms with Gasteiger partial charge in [0, 0.05) is 16.7 Å². The largest absolute Gasteiger partial charge is 0.493 e. The van der Waals surface area contributed by atoms with E-state index in [1.54, 1.807) is 61.5 Å². The van der Waals surface area contributed by atoms with Crippen LogP contribution in [0.1, 0.15) is 31.8 Å². The van der Waals surface area contributed by atoms with Gasteiger partial charge in [0.1, 0.15) is 11.5 Å². The van der Waals surface area contributed by atoms with Crippen LogP contribution in [0.2, 0.25) is 0 Å². The van der Waals surface area contributed by atoms with Crippen molar-refractivity contribution in [2.75, 3.05) is 27.9 Å². The predicted octanol–water partition coefficient (Wildman–Crippen LogP) is 4.90. The summed E-state index contributed by atoms with van der Waals surface area (Å²) in [5, 5.41) is 0. The maximum atomic E-state index is 13.0. The van der Waals surface area contributed by atoms with E-state index < -0.39 is 0 Å². The van der Waals surface area contributed by atoms with Crippen LogP contribution < -0.4 is 23.7 Å². The first-order valence-corrected chi connectivity index (χ1v) is 10.6. The fourth-order valence-electron chi connectivity index (χ4n) is 3.75. The van der Waals surface area contributed by atoms with Gasteiger partial charge in [-0.3, -0.25) is 9.59 Å². The number of allylic oxidation sites excluding steroid dienone is 1. The highest BCUT2D eigenvalue weighted by molar-refractivity contribution is 6.15. The molecule has 34 heavy (non-hydrogen) atoms. The molecule has 174 valence electrons. The number of ketones is 2. The smallest absolute Gasteiger partial charge is 0.231 e. The summed E-state index contributed by atoms with van der Waals surface area (Å²) in [7, 11) is 4.55. The number of fused-ring (bicyclic) bond motifs is 1. The van der Waals surface area contributed by atoms with Gasteiger partial charge in [-0.1, -0.05) is 30.3 Å². The summed E-state index contributed by atoms with van der Waals surface area (Å²) in [6.07, 6.45) is 1.60. The van der Waals surface area contributed by atoms with Gasteiger partial charge in [0.15, 0.2) is 29.6 Å². The molecule has 0 radical (unpaired) electrons. The quantitative estimate of drug-likeness (QED) is 0.349. The van der Waals surface area contributed by atoms with Crippen molar-refractivity contribution in [1.82, 2.24) is 0 Å². The van der Waals surface area contributed by atoms with Crippen LogP contribution in [0.3, 0.4) is 0 Å². The molecule has 0 aliphatic carbocycles. The maximum absolute atomic E-state index is 13.0. The fourth-order valence-corrected chi connectivity index (χ4v) is 3.75. The summed E-state index contributed by atoms with van der Waals surface area (Å²) < 4.78 is 27.9. The number of hydrogen-bond donors (Lipinski definition) is 0. The van der Waals surface area contributed by atoms with Gasteiger partial charge in [-0.15, -0.1) is 0 Å². The average Bonchev–Trinajstić information content (AvgIpc) is 3.19. The summed E-state index contributed by atoms with van der Waals surface area (Å²) in [6.45, 7) is 1.66. The van der Waals surface area contributed by atoms with Gasteiger partial charge in [-0.2, -0.15) is 0 Å². The Morgan fingerprint density at radius 1 is 0.882 bits per heavy atom. The minimum absolute atomic E-state index is 0.122. The molecule has 0 bridgehead atoms. The van der Waals surface area contributed by atoms with E-state index in [9.17, 15) is 9.59 Å². The molecule has 0 atom stereocenters. The first kappa shape index (κ1) is 22.9. The number of methoxy groups -OCH3 is 3. The van der Waals surface area contributed by atoms with E-state index in [0.717, 1.165) is 0 Å². The van der Waals surface area contributed by atoms with Crippen LogP contribution >= 0.6 is 0 Å². The van der Waals surface area contributed by atoms with Gasteiger partial charge >= 0.3 is 0 Å². The number of rotatable bonds is 8. The van der Waals surface area contributed by atoms with Crippen LogP contribution in [0, 0.1) is 6.92 Å². The van der Waals surface area contributed by atoms with E-state index in [2.05, 4.69) is 0 Å². The van der Waals surface area contributed by atoms with Crippen molar-refractivity contribution in [3.05, 3.63) is 82.6 Å². The topological polar surface area (TPSA) is 80.3 Å². The van der Waals surface area contributed by atoms with Gasteiger partial charge < -0.3 is 23.7 Å². The number of ether oxygens (including phenoxy) is 5. The lowest BCUT2D eigenvalue weighted by Gasteiger charge is -2.14. The molecule has 0 aromatic heterocycles. The van der Waals surface area contributed by atoms with E-state index in [0.29, 0.717) is 51.0 Å². The molecular formula is C27H24O7. The molecule has 4 rings (SSSR count). The lowest BCUT2D eigenvalue weighted by atomic mass is 10.1. The summed E-state index contributed by atoms with van der Waals surface area (Å²) in [6, 6.07) is 15.7. The van der Waals surface area contributed by atoms with Crippen molar-refractivity contribution < 1.29 is 33.3 Å². The standard InChI is InChI=1S/C27H24O7/c1-16-21(33-15-20(28)17-8-6-5-7-9-17)13-11-19-24(29)23(34-25(16)19)14-18-10-12-22(30-2)27(32-4)26(18)31-3/h5-14H,15H2,1-4H3/b23-14-. The van der Waals surface area contributed by atoms with Crippen molar-refractivity contribution in [3.63, 3.8) is 0 Å². The second-order valence-corrected chi connectivity index (χ2v) is 7.51. The zero-order chi connectivity index (χ0) is 24.2. The van der Waals surface area contributed by atoms with Gasteiger partial charge in [0.2, 0.25) is 11.5 Å². The fraction of sp³-hybridized carbons (Fsp3) is 0.185. The minimum Gasteiger partial charge on any atom is -0.493 e. The monoisotopic (exact) mass is 460 g/mol. The molecule has 0 saturated heterocycles. The number of carbonyl (C=O) groups excluding carboxylic acids is 2. The molecule has 0 amide bonds. The molecule has 1 aliphatic heterocycles. The Bertz CT molecular complexity index is 1280. The normalized spacial score (nSPS) is 13.3. The first-order valence-electron chi connectivity index (χ1n) is 10.6. The molecule has 0 N–H and O–H groups in total. The summed E-state index contributed by atoms with van der Waals surface area (Å²) in [5.74, 6) is 1.95. The maximum Gasteiger partial charge on any atom is 0.231 e. The van der Waals surface area contributed by atoms with E-state index in [1.807, 2.05) is 6.07 Å². The number of benzene rings is 3. The Labute approximate surface area is 197 Å². The zero-order valence-corrected chi connectivity index (χ0v) is 19.3. The molecule has 7 nitrogen and oxygen atoms in total. The van der Waals surface area contributed by atoms with Crippen molar-refractivity contribution in [1.29, 1.82) is 0 Å². The third-order valence-electron chi connectivity index (χ3n) is 5.51. The average molecular weight is 460 g/mol. The Hall–Kier alpha value is -4.26. The van der Waals surface area contributed by atoms with Crippen molar-refractivity contribution in [2.24, 2.45) is 0 Å². The van der Waals surface area contributed by atoms with Crippen molar-refractivity contribution in [3.8, 4) is 28.7 Å². The van der Waals surface area contributed by atoms with Crippen LogP contribution in [0.25, 0.3) is 6.08 Å². The van der Waals surface area contributed by atoms with Crippen LogP contribution in [-0.2, 0) is 0 Å². The van der Waals surface area contributed by atoms with Crippen LogP contribution in [0.4, 0.5) is 0 Å². The van der Waals surface area contributed by atoms with Crippen LogP contribution in [-0.4, -0.2) is 39.5 Å². The Morgan fingerprint density at radius 3 is 2.26 bits per heavy atom. The third kappa shape index (κ3) is 4.20. The lowest BCUT2D eigenvalue weighted by Crippen LogP contribution is -2.12. The first-order chi connectivity index (χ1) is 16.5. The van der Waals surface area contributed by atoms with Gasteiger partial charge in [-0.25, -0.2) is 0 Å². The number of hydrogen-bond acceptors (Lipinski definition) is 7. The molecule has 0 spiro atoms.